The molecule has 0 radical (unpaired) electrons. The molecular formula is C16H24IN7. The van der Waals surface area contributed by atoms with Gasteiger partial charge in [-0.05, 0) is 18.6 Å². The molecule has 1 unspecified atom stereocenters. The molecule has 24 heavy (non-hydrogen) atoms. The van der Waals surface area contributed by atoms with Crippen LogP contribution < -0.4 is 15.5 Å². The van der Waals surface area contributed by atoms with Crippen molar-refractivity contribution in [1.82, 2.24) is 25.4 Å². The molecule has 0 saturated carbocycles. The molecule has 1 aliphatic rings. The van der Waals surface area contributed by atoms with Crippen LogP contribution in [0.15, 0.2) is 41.7 Å². The van der Waals surface area contributed by atoms with Crippen LogP contribution in [0.25, 0.3) is 0 Å². The lowest BCUT2D eigenvalue weighted by Gasteiger charge is -2.20. The zero-order chi connectivity index (χ0) is 16.1. The Hall–Kier alpha value is -1.84. The van der Waals surface area contributed by atoms with E-state index in [0.29, 0.717) is 12.6 Å². The molecular weight excluding hydrogens is 417 g/mol. The van der Waals surface area contributed by atoms with Gasteiger partial charge in [-0.25, -0.2) is 4.98 Å². The van der Waals surface area contributed by atoms with E-state index in [1.807, 2.05) is 13.1 Å². The largest absolute Gasteiger partial charge is 0.369 e. The summed E-state index contributed by atoms with van der Waals surface area (Å²) in [7, 11) is 3.67. The number of hydrogen-bond donors (Lipinski definition) is 2. The normalized spacial score (nSPS) is 17.5. The van der Waals surface area contributed by atoms with Gasteiger partial charge < -0.3 is 15.5 Å². The highest BCUT2D eigenvalue weighted by Crippen LogP contribution is 2.19. The molecule has 130 valence electrons. The molecule has 1 atom stereocenters. The highest BCUT2D eigenvalue weighted by Gasteiger charge is 2.23. The average Bonchev–Trinajstić information content (AvgIpc) is 3.21. The summed E-state index contributed by atoms with van der Waals surface area (Å²) in [6.07, 6.45) is 2.65. The van der Waals surface area contributed by atoms with Gasteiger partial charge in [0, 0.05) is 38.9 Å². The molecule has 1 aromatic carbocycles. The predicted octanol–water partition coefficient (Wildman–Crippen LogP) is 1.38. The number of guanidine groups is 1. The van der Waals surface area contributed by atoms with Crippen molar-refractivity contribution >= 4 is 35.6 Å². The van der Waals surface area contributed by atoms with Crippen molar-refractivity contribution in [1.29, 1.82) is 0 Å². The number of aryl methyl sites for hydroxylation is 1. The summed E-state index contributed by atoms with van der Waals surface area (Å²) >= 11 is 0. The van der Waals surface area contributed by atoms with Crippen LogP contribution in [0.5, 0.6) is 0 Å². The number of halogens is 1. The first-order chi connectivity index (χ1) is 11.3. The van der Waals surface area contributed by atoms with Crippen molar-refractivity contribution in [2.45, 2.75) is 19.0 Å². The lowest BCUT2D eigenvalue weighted by Crippen LogP contribution is -2.44. The molecule has 7 nitrogen and oxygen atoms in total. The number of anilines is 1. The second kappa shape index (κ2) is 8.86. The van der Waals surface area contributed by atoms with Gasteiger partial charge in [0.1, 0.15) is 12.2 Å². The predicted molar refractivity (Wildman–Crippen MR) is 107 cm³/mol. The molecule has 2 heterocycles. The summed E-state index contributed by atoms with van der Waals surface area (Å²) in [6.45, 7) is 2.64. The maximum Gasteiger partial charge on any atom is 0.191 e. The van der Waals surface area contributed by atoms with Crippen molar-refractivity contribution < 1.29 is 0 Å². The fourth-order valence-electron chi connectivity index (χ4n) is 2.78. The van der Waals surface area contributed by atoms with Gasteiger partial charge in [-0.2, -0.15) is 5.10 Å². The van der Waals surface area contributed by atoms with Gasteiger partial charge in [-0.1, -0.05) is 18.2 Å². The molecule has 3 rings (SSSR count). The minimum Gasteiger partial charge on any atom is -0.369 e. The maximum absolute atomic E-state index is 4.30. The van der Waals surface area contributed by atoms with Crippen molar-refractivity contribution in [3.05, 3.63) is 42.5 Å². The van der Waals surface area contributed by atoms with Gasteiger partial charge in [0.25, 0.3) is 0 Å². The van der Waals surface area contributed by atoms with E-state index in [0.717, 1.165) is 31.3 Å². The standard InChI is InChI=1S/C16H23N7.HI/c1-17-16(18-10-15-19-12-20-22(15)2)21-13-8-9-23(11-13)14-6-4-3-5-7-14;/h3-7,12-13H,8-11H2,1-2H3,(H2,17,18,21);1H. The Labute approximate surface area is 159 Å². The van der Waals surface area contributed by atoms with Crippen molar-refractivity contribution in [2.24, 2.45) is 12.0 Å². The number of nitrogens with one attached hydrogen (secondary N) is 2. The monoisotopic (exact) mass is 441 g/mol. The SMILES string of the molecule is CN=C(NCc1ncnn1C)NC1CCN(c2ccccc2)C1.I. The molecule has 0 aliphatic carbocycles. The smallest absolute Gasteiger partial charge is 0.191 e. The molecule has 1 saturated heterocycles. The first kappa shape index (κ1) is 18.5. The number of aromatic nitrogens is 3. The van der Waals surface area contributed by atoms with Gasteiger partial charge in [0.15, 0.2) is 5.96 Å². The zero-order valence-electron chi connectivity index (χ0n) is 14.0. The Morgan fingerprint density at radius 3 is 2.79 bits per heavy atom. The van der Waals surface area contributed by atoms with Crippen LogP contribution in [-0.2, 0) is 13.6 Å². The van der Waals surface area contributed by atoms with Crippen LogP contribution in [0, 0.1) is 0 Å². The van der Waals surface area contributed by atoms with Crippen LogP contribution in [0.4, 0.5) is 5.69 Å². The highest BCUT2D eigenvalue weighted by atomic mass is 127. The number of aliphatic imine (C=N–C) groups is 1. The van der Waals surface area contributed by atoms with Crippen molar-refractivity contribution in [3.8, 4) is 0 Å². The third kappa shape index (κ3) is 4.59. The Morgan fingerprint density at radius 2 is 2.12 bits per heavy atom. The van der Waals surface area contributed by atoms with Crippen LogP contribution >= 0.6 is 24.0 Å². The summed E-state index contributed by atoms with van der Waals surface area (Å²) in [5.74, 6) is 1.68. The highest BCUT2D eigenvalue weighted by molar-refractivity contribution is 14.0. The minimum absolute atomic E-state index is 0. The second-order valence-electron chi connectivity index (χ2n) is 5.64. The van der Waals surface area contributed by atoms with Gasteiger partial charge >= 0.3 is 0 Å². The molecule has 8 heteroatoms. The van der Waals surface area contributed by atoms with Crippen LogP contribution in [0.2, 0.25) is 0 Å². The summed E-state index contributed by atoms with van der Waals surface area (Å²) < 4.78 is 1.76. The van der Waals surface area contributed by atoms with Gasteiger partial charge in [-0.15, -0.1) is 24.0 Å². The molecule has 2 N–H and O–H groups in total. The van der Waals surface area contributed by atoms with E-state index in [9.17, 15) is 0 Å². The summed E-state index contributed by atoms with van der Waals surface area (Å²) in [6, 6.07) is 10.9. The van der Waals surface area contributed by atoms with Gasteiger partial charge in [0.05, 0.1) is 6.54 Å². The van der Waals surface area contributed by atoms with E-state index in [-0.39, 0.29) is 24.0 Å². The van der Waals surface area contributed by atoms with E-state index in [4.69, 9.17) is 0 Å². The number of nitrogens with zero attached hydrogens (tertiary/aromatic N) is 5. The molecule has 0 amide bonds. The van der Waals surface area contributed by atoms with Crippen molar-refractivity contribution in [2.75, 3.05) is 25.0 Å². The zero-order valence-corrected chi connectivity index (χ0v) is 16.3. The van der Waals surface area contributed by atoms with Gasteiger partial charge in [-0.3, -0.25) is 9.67 Å². The number of rotatable bonds is 4. The molecule has 1 fully saturated rings. The van der Waals surface area contributed by atoms with E-state index in [1.54, 1.807) is 18.1 Å². The van der Waals surface area contributed by atoms with Crippen LogP contribution in [-0.4, -0.2) is 46.9 Å². The lowest BCUT2D eigenvalue weighted by atomic mass is 10.3. The Morgan fingerprint density at radius 1 is 1.33 bits per heavy atom. The summed E-state index contributed by atoms with van der Waals surface area (Å²) in [5, 5.41) is 10.8. The first-order valence-electron chi connectivity index (χ1n) is 7.86. The van der Waals surface area contributed by atoms with E-state index >= 15 is 0 Å². The average molecular weight is 441 g/mol. The maximum atomic E-state index is 4.30. The molecule has 1 aromatic heterocycles. The minimum atomic E-state index is 0. The van der Waals surface area contributed by atoms with E-state index in [1.165, 1.54) is 5.69 Å². The Kier molecular flexibility index (Phi) is 6.83. The number of hydrogen-bond acceptors (Lipinski definition) is 4. The number of para-hydroxylation sites is 1. The lowest BCUT2D eigenvalue weighted by molar-refractivity contribution is 0.632. The fraction of sp³-hybridized carbons (Fsp3) is 0.438. The molecule has 1 aliphatic heterocycles. The fourth-order valence-corrected chi connectivity index (χ4v) is 2.78. The summed E-state index contributed by atoms with van der Waals surface area (Å²) in [5.41, 5.74) is 1.28. The molecule has 0 bridgehead atoms. The van der Waals surface area contributed by atoms with Crippen LogP contribution in [0.1, 0.15) is 12.2 Å². The summed E-state index contributed by atoms with van der Waals surface area (Å²) in [4.78, 5) is 10.9. The molecule has 2 aromatic rings. The number of benzene rings is 1. The third-order valence-corrected chi connectivity index (χ3v) is 4.09. The Balaban J connectivity index is 0.00000208. The quantitative estimate of drug-likeness (QED) is 0.426. The third-order valence-electron chi connectivity index (χ3n) is 4.09. The van der Waals surface area contributed by atoms with Crippen LogP contribution in [0.3, 0.4) is 0 Å². The van der Waals surface area contributed by atoms with E-state index in [2.05, 4.69) is 54.9 Å². The second-order valence-corrected chi connectivity index (χ2v) is 5.64. The van der Waals surface area contributed by atoms with Crippen molar-refractivity contribution in [3.63, 3.8) is 0 Å². The van der Waals surface area contributed by atoms with Gasteiger partial charge in [0.2, 0.25) is 0 Å². The van der Waals surface area contributed by atoms with E-state index < -0.39 is 0 Å². The Bertz CT molecular complexity index is 655. The molecule has 0 spiro atoms. The topological polar surface area (TPSA) is 70.4 Å². The first-order valence-corrected chi connectivity index (χ1v) is 7.86.